The molecule has 0 radical (unpaired) electrons. The summed E-state index contributed by atoms with van der Waals surface area (Å²) < 4.78 is 28.7. The number of hydrogen-bond donors (Lipinski definition) is 4. The van der Waals surface area contributed by atoms with Crippen LogP contribution in [0.2, 0.25) is 6.04 Å². The van der Waals surface area contributed by atoms with Crippen molar-refractivity contribution in [1.82, 2.24) is 31.1 Å². The van der Waals surface area contributed by atoms with E-state index in [0.717, 1.165) is 0 Å². The molecule has 16 heteroatoms. The van der Waals surface area contributed by atoms with E-state index in [1.165, 1.54) is 0 Å². The number of amides is 4. The summed E-state index contributed by atoms with van der Waals surface area (Å²) in [4.78, 5) is 51.3. The number of nitrogens with one attached hydrogen (secondary N) is 4. The summed E-state index contributed by atoms with van der Waals surface area (Å²) in [5.74, 6) is -0.779. The van der Waals surface area contributed by atoms with Crippen molar-refractivity contribution in [3.8, 4) is 0 Å². The van der Waals surface area contributed by atoms with Crippen molar-refractivity contribution in [3.63, 3.8) is 0 Å². The largest absolute Gasteiger partial charge is 0.500 e. The van der Waals surface area contributed by atoms with Crippen LogP contribution in [0.15, 0.2) is 0 Å². The van der Waals surface area contributed by atoms with Gasteiger partial charge in [-0.3, -0.25) is 29.0 Å². The Kier molecular flexibility index (Phi) is 24.0. The summed E-state index contributed by atoms with van der Waals surface area (Å²) >= 11 is 0. The minimum Gasteiger partial charge on any atom is -0.378 e. The van der Waals surface area contributed by atoms with Gasteiger partial charge in [0.2, 0.25) is 23.6 Å². The van der Waals surface area contributed by atoms with E-state index in [2.05, 4.69) is 21.3 Å². The Morgan fingerprint density at radius 3 is 1.33 bits per heavy atom. The van der Waals surface area contributed by atoms with E-state index in [4.69, 9.17) is 22.8 Å². The summed E-state index contributed by atoms with van der Waals surface area (Å²) in [6.07, 6.45) is 0.645. The Labute approximate surface area is 252 Å². The quantitative estimate of drug-likeness (QED) is 0.0616. The first-order valence-corrected chi connectivity index (χ1v) is 16.5. The van der Waals surface area contributed by atoms with Crippen LogP contribution in [-0.2, 0) is 41.9 Å². The summed E-state index contributed by atoms with van der Waals surface area (Å²) in [6.45, 7) is 9.98. The topological polar surface area (TPSA) is 169 Å². The van der Waals surface area contributed by atoms with Crippen LogP contribution in [0.1, 0.15) is 27.2 Å². The summed E-state index contributed by atoms with van der Waals surface area (Å²) in [7, 11) is 1.87. The smallest absolute Gasteiger partial charge is 0.378 e. The monoisotopic (exact) mass is 622 g/mol. The lowest BCUT2D eigenvalue weighted by Gasteiger charge is -2.28. The van der Waals surface area contributed by atoms with Crippen LogP contribution in [0.3, 0.4) is 0 Å². The maximum absolute atomic E-state index is 12.6. The molecule has 0 aliphatic carbocycles. The molecule has 0 spiro atoms. The number of hydrogen-bond acceptors (Lipinski definition) is 11. The molecule has 0 atom stereocenters. The van der Waals surface area contributed by atoms with Gasteiger partial charge in [0.25, 0.3) is 0 Å². The standard InChI is InChI=1S/C26H54N6O9Si/c1-7-39-42(40-8-2,41-9-3)18-10-11-30-26(36)22-32(21-25(35)29-6)13-15-38-17-16-37-14-12-31(19-23(33)27-4)20-24(34)28-5/h7-22H2,1-6H3,(H,27,33)(H,28,34)(H,29,35)(H,30,36). The molecular formula is C26H54N6O9Si. The molecule has 0 heterocycles. The van der Waals surface area contributed by atoms with Gasteiger partial charge in [-0.25, -0.2) is 0 Å². The predicted molar refractivity (Wildman–Crippen MR) is 160 cm³/mol. The Morgan fingerprint density at radius 2 is 0.976 bits per heavy atom. The molecule has 4 N–H and O–H groups in total. The van der Waals surface area contributed by atoms with E-state index >= 15 is 0 Å². The minimum absolute atomic E-state index is 0.0464. The number of nitrogens with zero attached hydrogens (tertiary/aromatic N) is 2. The average Bonchev–Trinajstić information content (AvgIpc) is 2.96. The van der Waals surface area contributed by atoms with Gasteiger partial charge in [-0.2, -0.15) is 0 Å². The molecule has 0 aliphatic rings. The number of likely N-dealkylation sites (N-methyl/N-ethyl adjacent to an activating group) is 3. The lowest BCUT2D eigenvalue weighted by Crippen LogP contribution is -2.47. The van der Waals surface area contributed by atoms with Gasteiger partial charge in [0.05, 0.1) is 52.6 Å². The molecule has 0 saturated heterocycles. The van der Waals surface area contributed by atoms with Crippen molar-refractivity contribution in [2.75, 3.05) is 113 Å². The van der Waals surface area contributed by atoms with Gasteiger partial charge in [-0.15, -0.1) is 0 Å². The fraction of sp³-hybridized carbons (Fsp3) is 0.846. The van der Waals surface area contributed by atoms with Crippen LogP contribution < -0.4 is 21.3 Å². The zero-order valence-corrected chi connectivity index (χ0v) is 27.4. The lowest BCUT2D eigenvalue weighted by atomic mass is 10.4. The third kappa shape index (κ3) is 19.9. The molecule has 15 nitrogen and oxygen atoms in total. The van der Waals surface area contributed by atoms with Crippen molar-refractivity contribution in [2.24, 2.45) is 0 Å². The molecule has 42 heavy (non-hydrogen) atoms. The van der Waals surface area contributed by atoms with E-state index < -0.39 is 8.80 Å². The molecule has 0 aliphatic heterocycles. The first-order valence-electron chi connectivity index (χ1n) is 14.6. The SMILES string of the molecule is CCO[Si](CCCNC(=O)CN(CCOCCOCCN(CC(=O)NC)CC(=O)NC)CC(=O)NC)(OCC)OCC. The van der Waals surface area contributed by atoms with E-state index in [1.54, 1.807) is 30.9 Å². The van der Waals surface area contributed by atoms with Crippen LogP contribution in [0.25, 0.3) is 0 Å². The fourth-order valence-electron chi connectivity index (χ4n) is 3.78. The Bertz CT molecular complexity index is 731. The molecule has 4 amide bonds. The fourth-order valence-corrected chi connectivity index (χ4v) is 6.39. The Hall–Kier alpha value is -2.18. The highest BCUT2D eigenvalue weighted by Crippen LogP contribution is 2.17. The number of ether oxygens (including phenoxy) is 2. The van der Waals surface area contributed by atoms with Gasteiger partial charge in [-0.05, 0) is 27.2 Å². The third-order valence-corrected chi connectivity index (χ3v) is 9.01. The molecule has 0 aromatic heterocycles. The summed E-state index contributed by atoms with van der Waals surface area (Å²) in [5, 5.41) is 10.5. The molecule has 0 bridgehead atoms. The van der Waals surface area contributed by atoms with Gasteiger partial charge in [0.1, 0.15) is 0 Å². The van der Waals surface area contributed by atoms with Crippen LogP contribution in [0.4, 0.5) is 0 Å². The van der Waals surface area contributed by atoms with Crippen molar-refractivity contribution < 1.29 is 41.9 Å². The zero-order chi connectivity index (χ0) is 31.6. The van der Waals surface area contributed by atoms with Crippen molar-refractivity contribution in [1.29, 1.82) is 0 Å². The second kappa shape index (κ2) is 25.3. The van der Waals surface area contributed by atoms with Gasteiger partial charge in [0, 0.05) is 66.6 Å². The van der Waals surface area contributed by atoms with Gasteiger partial charge < -0.3 is 44.0 Å². The van der Waals surface area contributed by atoms with Crippen molar-refractivity contribution >= 4 is 32.4 Å². The van der Waals surface area contributed by atoms with Crippen LogP contribution in [0, 0.1) is 0 Å². The van der Waals surface area contributed by atoms with Crippen molar-refractivity contribution in [2.45, 2.75) is 33.2 Å². The van der Waals surface area contributed by atoms with Gasteiger partial charge >= 0.3 is 8.80 Å². The molecule has 0 rings (SSSR count). The lowest BCUT2D eigenvalue weighted by molar-refractivity contribution is -0.126. The van der Waals surface area contributed by atoms with Crippen LogP contribution in [-0.4, -0.2) is 155 Å². The van der Waals surface area contributed by atoms with E-state index in [0.29, 0.717) is 78.3 Å². The highest BCUT2D eigenvalue weighted by atomic mass is 28.4. The van der Waals surface area contributed by atoms with E-state index in [1.807, 2.05) is 20.8 Å². The zero-order valence-electron chi connectivity index (χ0n) is 26.4. The molecule has 0 aromatic carbocycles. The first-order chi connectivity index (χ1) is 20.2. The predicted octanol–water partition coefficient (Wildman–Crippen LogP) is -1.58. The highest BCUT2D eigenvalue weighted by Gasteiger charge is 2.39. The third-order valence-electron chi connectivity index (χ3n) is 5.86. The van der Waals surface area contributed by atoms with Gasteiger partial charge in [-0.1, -0.05) is 0 Å². The molecular weight excluding hydrogens is 568 g/mol. The van der Waals surface area contributed by atoms with E-state index in [-0.39, 0.29) is 49.8 Å². The number of carbonyl (C=O) groups is 4. The van der Waals surface area contributed by atoms with Crippen molar-refractivity contribution in [3.05, 3.63) is 0 Å². The maximum Gasteiger partial charge on any atom is 0.500 e. The maximum atomic E-state index is 12.6. The first kappa shape index (κ1) is 39.8. The number of carbonyl (C=O) groups excluding carboxylic acids is 4. The molecule has 0 saturated carbocycles. The molecule has 0 fully saturated rings. The minimum atomic E-state index is -2.76. The summed E-state index contributed by atoms with van der Waals surface area (Å²) in [6, 6.07) is 0.598. The molecule has 246 valence electrons. The van der Waals surface area contributed by atoms with Crippen LogP contribution in [0.5, 0.6) is 0 Å². The normalized spacial score (nSPS) is 11.5. The Balaban J connectivity index is 4.47. The Morgan fingerprint density at radius 1 is 0.595 bits per heavy atom. The summed E-state index contributed by atoms with van der Waals surface area (Å²) in [5.41, 5.74) is 0. The highest BCUT2D eigenvalue weighted by molar-refractivity contribution is 6.60. The molecule has 0 unspecified atom stereocenters. The van der Waals surface area contributed by atoms with Crippen LogP contribution >= 0.6 is 0 Å². The second-order valence-electron chi connectivity index (χ2n) is 9.10. The number of rotatable bonds is 27. The van der Waals surface area contributed by atoms with Gasteiger partial charge in [0.15, 0.2) is 0 Å². The average molecular weight is 623 g/mol. The second-order valence-corrected chi connectivity index (χ2v) is 11.8. The van der Waals surface area contributed by atoms with E-state index in [9.17, 15) is 19.2 Å². The molecule has 0 aromatic rings.